The highest BCUT2D eigenvalue weighted by molar-refractivity contribution is 14.1. The SMILES string of the molecule is COC(=O)CCC[C@@H](C)CCI. The van der Waals surface area contributed by atoms with Gasteiger partial charge >= 0.3 is 5.97 Å². The molecule has 0 radical (unpaired) electrons. The van der Waals surface area contributed by atoms with Gasteiger partial charge in [0.2, 0.25) is 0 Å². The number of hydrogen-bond donors (Lipinski definition) is 0. The maximum atomic E-state index is 10.7. The minimum absolute atomic E-state index is 0.0864. The zero-order valence-electron chi connectivity index (χ0n) is 7.81. The molecule has 0 aromatic carbocycles. The Labute approximate surface area is 88.2 Å². The van der Waals surface area contributed by atoms with Crippen LogP contribution in [0.5, 0.6) is 0 Å². The zero-order chi connectivity index (χ0) is 9.40. The molecule has 2 nitrogen and oxygen atoms in total. The minimum Gasteiger partial charge on any atom is -0.469 e. The smallest absolute Gasteiger partial charge is 0.305 e. The van der Waals surface area contributed by atoms with Gasteiger partial charge in [-0.25, -0.2) is 0 Å². The Hall–Kier alpha value is 0.200. The predicted molar refractivity (Wildman–Crippen MR) is 58.5 cm³/mol. The first-order chi connectivity index (χ1) is 5.70. The fourth-order valence-corrected chi connectivity index (χ4v) is 2.09. The van der Waals surface area contributed by atoms with Crippen molar-refractivity contribution < 1.29 is 9.53 Å². The molecule has 0 bridgehead atoms. The van der Waals surface area contributed by atoms with Crippen LogP contribution in [0.1, 0.15) is 32.6 Å². The molecule has 0 fully saturated rings. The highest BCUT2D eigenvalue weighted by atomic mass is 127. The maximum absolute atomic E-state index is 10.7. The first-order valence-electron chi connectivity index (χ1n) is 4.33. The van der Waals surface area contributed by atoms with E-state index in [1.54, 1.807) is 0 Å². The first-order valence-corrected chi connectivity index (χ1v) is 5.86. The molecular weight excluding hydrogens is 267 g/mol. The van der Waals surface area contributed by atoms with Crippen LogP contribution in [-0.4, -0.2) is 17.5 Å². The molecule has 12 heavy (non-hydrogen) atoms. The van der Waals surface area contributed by atoms with Crippen molar-refractivity contribution >= 4 is 28.6 Å². The van der Waals surface area contributed by atoms with Crippen LogP contribution in [0.3, 0.4) is 0 Å². The van der Waals surface area contributed by atoms with Gasteiger partial charge in [-0.3, -0.25) is 4.79 Å². The van der Waals surface area contributed by atoms with E-state index in [1.165, 1.54) is 18.0 Å². The van der Waals surface area contributed by atoms with Crippen molar-refractivity contribution in [2.75, 3.05) is 11.5 Å². The third kappa shape index (κ3) is 6.88. The molecule has 0 rings (SSSR count). The maximum Gasteiger partial charge on any atom is 0.305 e. The van der Waals surface area contributed by atoms with Gasteiger partial charge in [-0.1, -0.05) is 35.9 Å². The first kappa shape index (κ1) is 12.2. The van der Waals surface area contributed by atoms with Crippen molar-refractivity contribution in [1.29, 1.82) is 0 Å². The third-order valence-corrected chi connectivity index (χ3v) is 2.53. The van der Waals surface area contributed by atoms with Crippen LogP contribution in [0.4, 0.5) is 0 Å². The van der Waals surface area contributed by atoms with E-state index in [1.807, 2.05) is 0 Å². The van der Waals surface area contributed by atoms with Gasteiger partial charge in [-0.2, -0.15) is 0 Å². The number of halogens is 1. The number of alkyl halides is 1. The van der Waals surface area contributed by atoms with Crippen LogP contribution in [0, 0.1) is 5.92 Å². The molecule has 3 heteroatoms. The summed E-state index contributed by atoms with van der Waals surface area (Å²) in [7, 11) is 1.44. The molecular formula is C9H17IO2. The molecule has 0 saturated heterocycles. The van der Waals surface area contributed by atoms with Gasteiger partial charge in [0, 0.05) is 6.42 Å². The predicted octanol–water partition coefficient (Wildman–Crippen LogP) is 2.79. The lowest BCUT2D eigenvalue weighted by molar-refractivity contribution is -0.140. The van der Waals surface area contributed by atoms with Crippen molar-refractivity contribution in [3.8, 4) is 0 Å². The van der Waals surface area contributed by atoms with E-state index in [0.29, 0.717) is 6.42 Å². The summed E-state index contributed by atoms with van der Waals surface area (Å²) in [4.78, 5) is 10.7. The number of hydrogen-bond acceptors (Lipinski definition) is 2. The van der Waals surface area contributed by atoms with E-state index in [0.717, 1.165) is 18.8 Å². The molecule has 72 valence electrons. The molecule has 0 aliphatic rings. The van der Waals surface area contributed by atoms with Crippen LogP contribution in [0.15, 0.2) is 0 Å². The van der Waals surface area contributed by atoms with E-state index in [-0.39, 0.29) is 5.97 Å². The van der Waals surface area contributed by atoms with Crippen molar-refractivity contribution in [3.05, 3.63) is 0 Å². The number of rotatable bonds is 6. The second kappa shape index (κ2) is 7.83. The fourth-order valence-electron chi connectivity index (χ4n) is 1.03. The molecule has 0 aromatic heterocycles. The second-order valence-electron chi connectivity index (χ2n) is 3.05. The van der Waals surface area contributed by atoms with Crippen LogP contribution in [0.2, 0.25) is 0 Å². The lowest BCUT2D eigenvalue weighted by atomic mass is 10.0. The van der Waals surface area contributed by atoms with Gasteiger partial charge < -0.3 is 4.74 Å². The molecule has 0 heterocycles. The Kier molecular flexibility index (Phi) is 7.96. The number of ether oxygens (including phenoxy) is 1. The van der Waals surface area contributed by atoms with E-state index in [4.69, 9.17) is 0 Å². The highest BCUT2D eigenvalue weighted by Gasteiger charge is 2.03. The van der Waals surface area contributed by atoms with E-state index in [2.05, 4.69) is 34.3 Å². The Morgan fingerprint density at radius 1 is 1.50 bits per heavy atom. The van der Waals surface area contributed by atoms with Crippen molar-refractivity contribution in [2.45, 2.75) is 32.6 Å². The van der Waals surface area contributed by atoms with Gasteiger partial charge in [0.25, 0.3) is 0 Å². The summed E-state index contributed by atoms with van der Waals surface area (Å²) in [6.07, 6.45) is 3.92. The fraction of sp³-hybridized carbons (Fsp3) is 0.889. The summed E-state index contributed by atoms with van der Waals surface area (Å²) >= 11 is 2.38. The molecule has 0 aromatic rings. The highest BCUT2D eigenvalue weighted by Crippen LogP contribution is 2.13. The molecule has 0 aliphatic heterocycles. The number of carbonyl (C=O) groups excluding carboxylic acids is 1. The summed E-state index contributed by atoms with van der Waals surface area (Å²) in [5.41, 5.74) is 0. The van der Waals surface area contributed by atoms with Gasteiger partial charge in [-0.05, 0) is 23.2 Å². The third-order valence-electron chi connectivity index (χ3n) is 1.91. The summed E-state index contributed by atoms with van der Waals surface area (Å²) in [6, 6.07) is 0. The monoisotopic (exact) mass is 284 g/mol. The minimum atomic E-state index is -0.0864. The second-order valence-corrected chi connectivity index (χ2v) is 4.13. The molecule has 0 saturated carbocycles. The molecule has 0 unspecified atom stereocenters. The van der Waals surface area contributed by atoms with E-state index >= 15 is 0 Å². The summed E-state index contributed by atoms with van der Waals surface area (Å²) in [5, 5.41) is 0. The largest absolute Gasteiger partial charge is 0.469 e. The van der Waals surface area contributed by atoms with Gasteiger partial charge in [0.05, 0.1) is 7.11 Å². The summed E-state index contributed by atoms with van der Waals surface area (Å²) in [5.74, 6) is 0.656. The van der Waals surface area contributed by atoms with E-state index < -0.39 is 0 Å². The van der Waals surface area contributed by atoms with Crippen LogP contribution in [-0.2, 0) is 9.53 Å². The average Bonchev–Trinajstić information content (AvgIpc) is 2.04. The lowest BCUT2D eigenvalue weighted by Gasteiger charge is -2.07. The molecule has 1 atom stereocenters. The quantitative estimate of drug-likeness (QED) is 0.426. The number of carbonyl (C=O) groups is 1. The lowest BCUT2D eigenvalue weighted by Crippen LogP contribution is -2.02. The van der Waals surface area contributed by atoms with Crippen molar-refractivity contribution in [2.24, 2.45) is 5.92 Å². The Bertz CT molecular complexity index is 126. The van der Waals surface area contributed by atoms with Gasteiger partial charge in [-0.15, -0.1) is 0 Å². The Morgan fingerprint density at radius 2 is 2.17 bits per heavy atom. The topological polar surface area (TPSA) is 26.3 Å². The summed E-state index contributed by atoms with van der Waals surface area (Å²) < 4.78 is 5.76. The zero-order valence-corrected chi connectivity index (χ0v) is 9.96. The van der Waals surface area contributed by atoms with Crippen LogP contribution < -0.4 is 0 Å². The molecule has 0 N–H and O–H groups in total. The standard InChI is InChI=1S/C9H17IO2/c1-8(6-7-10)4-3-5-9(11)12-2/h8H,3-7H2,1-2H3/t8-/m1/s1. The summed E-state index contributed by atoms with van der Waals surface area (Å²) in [6.45, 7) is 2.23. The van der Waals surface area contributed by atoms with Gasteiger partial charge in [0.15, 0.2) is 0 Å². The Balaban J connectivity index is 3.24. The average molecular weight is 284 g/mol. The number of esters is 1. The van der Waals surface area contributed by atoms with Crippen LogP contribution in [0.25, 0.3) is 0 Å². The van der Waals surface area contributed by atoms with Crippen LogP contribution >= 0.6 is 22.6 Å². The van der Waals surface area contributed by atoms with Crippen molar-refractivity contribution in [1.82, 2.24) is 0 Å². The molecule has 0 spiro atoms. The number of methoxy groups -OCH3 is 1. The van der Waals surface area contributed by atoms with Gasteiger partial charge in [0.1, 0.15) is 0 Å². The molecule has 0 amide bonds. The van der Waals surface area contributed by atoms with Crippen molar-refractivity contribution in [3.63, 3.8) is 0 Å². The molecule has 0 aliphatic carbocycles. The normalized spacial score (nSPS) is 12.6. The Morgan fingerprint density at radius 3 is 2.67 bits per heavy atom. The van der Waals surface area contributed by atoms with E-state index in [9.17, 15) is 4.79 Å².